The molecule has 4 aliphatic rings. The molecule has 184 valence electrons. The number of hydrogen-bond donors (Lipinski definition) is 0. The van der Waals surface area contributed by atoms with Crippen LogP contribution in [-0.2, 0) is 19.6 Å². The number of piperazine rings is 1. The van der Waals surface area contributed by atoms with E-state index in [1.807, 2.05) is 0 Å². The largest absolute Gasteiger partial charge is 0.319 e. The van der Waals surface area contributed by atoms with Crippen LogP contribution in [-0.4, -0.2) is 50.8 Å². The number of rotatable bonds is 3. The first-order valence-corrected chi connectivity index (χ1v) is 14.9. The zero-order valence-electron chi connectivity index (χ0n) is 19.7. The Balaban J connectivity index is 1.62. The molecule has 3 aromatic rings. The molecule has 7 rings (SSSR count). The molecule has 4 saturated heterocycles. The van der Waals surface area contributed by atoms with Crippen LogP contribution in [0, 0.1) is 16.7 Å². The second kappa shape index (κ2) is 7.31. The lowest BCUT2D eigenvalue weighted by molar-refractivity contribution is -0.164. The first kappa shape index (κ1) is 23.5. The Morgan fingerprint density at radius 1 is 1.00 bits per heavy atom. The zero-order chi connectivity index (χ0) is 25.7. The average Bonchev–Trinajstić information content (AvgIpc) is 3.39. The summed E-state index contributed by atoms with van der Waals surface area (Å²) in [6, 6.07) is 16.8. The van der Waals surface area contributed by atoms with E-state index in [9.17, 15) is 23.3 Å². The summed E-state index contributed by atoms with van der Waals surface area (Å²) < 4.78 is 28.6. The Kier molecular flexibility index (Phi) is 4.76. The monoisotopic (exact) mass is 538 g/mol. The van der Waals surface area contributed by atoms with Gasteiger partial charge in [-0.25, -0.2) is 12.4 Å². The van der Waals surface area contributed by atoms with Crippen LogP contribution >= 0.6 is 21.6 Å². The van der Waals surface area contributed by atoms with E-state index >= 15 is 0 Å². The van der Waals surface area contributed by atoms with E-state index in [1.54, 1.807) is 68.3 Å². The SMILES string of the molecule is CN1C(=O)[C@@]23C[C@](C)(C#N)C(c4cn(S(=O)(=O)c5ccccc5)c5ccccc45)N2C(=O)[C@@]1(C)SS3. The molecular formula is C25H22N4O4S3. The summed E-state index contributed by atoms with van der Waals surface area (Å²) >= 11 is 0. The van der Waals surface area contributed by atoms with Gasteiger partial charge in [0.25, 0.3) is 21.8 Å². The third kappa shape index (κ3) is 2.69. The van der Waals surface area contributed by atoms with Crippen molar-refractivity contribution in [2.75, 3.05) is 7.05 Å². The van der Waals surface area contributed by atoms with Gasteiger partial charge in [0.1, 0.15) is 0 Å². The fourth-order valence-electron chi connectivity index (χ4n) is 5.68. The number of para-hydroxylation sites is 1. The fourth-order valence-corrected chi connectivity index (χ4v) is 10.7. The topological polar surface area (TPSA) is 103 Å². The van der Waals surface area contributed by atoms with Crippen LogP contribution in [0.5, 0.6) is 0 Å². The highest BCUT2D eigenvalue weighted by Crippen LogP contribution is 2.69. The third-order valence-corrected chi connectivity index (χ3v) is 13.0. The molecule has 4 aliphatic heterocycles. The molecular weight excluding hydrogens is 517 g/mol. The number of carbonyl (C=O) groups is 2. The first-order chi connectivity index (χ1) is 17.0. The van der Waals surface area contributed by atoms with Gasteiger partial charge in [0.2, 0.25) is 0 Å². The smallest absolute Gasteiger partial charge is 0.268 e. The van der Waals surface area contributed by atoms with Crippen LogP contribution < -0.4 is 0 Å². The molecule has 0 N–H and O–H groups in total. The first-order valence-electron chi connectivity index (χ1n) is 11.3. The maximum Gasteiger partial charge on any atom is 0.268 e. The van der Waals surface area contributed by atoms with Gasteiger partial charge in [-0.15, -0.1) is 0 Å². The number of aromatic nitrogens is 1. The molecule has 11 heteroatoms. The molecule has 36 heavy (non-hydrogen) atoms. The summed E-state index contributed by atoms with van der Waals surface area (Å²) in [5.74, 6) is -0.460. The van der Waals surface area contributed by atoms with Crippen LogP contribution in [0.15, 0.2) is 65.7 Å². The lowest BCUT2D eigenvalue weighted by Gasteiger charge is -2.57. The van der Waals surface area contributed by atoms with Gasteiger partial charge in [-0.3, -0.25) is 9.59 Å². The van der Waals surface area contributed by atoms with Crippen molar-refractivity contribution >= 4 is 54.3 Å². The van der Waals surface area contributed by atoms with Gasteiger partial charge in [-0.1, -0.05) is 58.0 Å². The second-order valence-electron chi connectivity index (χ2n) is 9.80. The molecule has 2 amide bonds. The molecule has 2 bridgehead atoms. The van der Waals surface area contributed by atoms with Crippen molar-refractivity contribution in [2.45, 2.75) is 40.9 Å². The average molecular weight is 539 g/mol. The van der Waals surface area contributed by atoms with Crippen molar-refractivity contribution in [1.82, 2.24) is 13.8 Å². The molecule has 4 atom stereocenters. The molecule has 1 unspecified atom stereocenters. The minimum Gasteiger partial charge on any atom is -0.319 e. The summed E-state index contributed by atoms with van der Waals surface area (Å²) in [6.07, 6.45) is 1.67. The third-order valence-electron chi connectivity index (χ3n) is 7.65. The Bertz CT molecular complexity index is 1610. The summed E-state index contributed by atoms with van der Waals surface area (Å²) in [5.41, 5.74) is -0.138. The summed E-state index contributed by atoms with van der Waals surface area (Å²) in [5, 5.41) is 11.0. The summed E-state index contributed by atoms with van der Waals surface area (Å²) in [4.78, 5) is 28.4. The lowest BCUT2D eigenvalue weighted by Crippen LogP contribution is -2.73. The molecule has 1 spiro atoms. The summed E-state index contributed by atoms with van der Waals surface area (Å²) in [7, 11) is 0.339. The van der Waals surface area contributed by atoms with Crippen molar-refractivity contribution in [3.63, 3.8) is 0 Å². The maximum atomic E-state index is 14.0. The number of hydrogen-bond acceptors (Lipinski definition) is 7. The van der Waals surface area contributed by atoms with Crippen LogP contribution in [0.25, 0.3) is 10.9 Å². The van der Waals surface area contributed by atoms with Crippen molar-refractivity contribution in [3.8, 4) is 6.07 Å². The van der Waals surface area contributed by atoms with Gasteiger partial charge >= 0.3 is 0 Å². The van der Waals surface area contributed by atoms with Crippen LogP contribution in [0.1, 0.15) is 31.9 Å². The lowest BCUT2D eigenvalue weighted by atomic mass is 9.79. The van der Waals surface area contributed by atoms with Crippen LogP contribution in [0.4, 0.5) is 0 Å². The molecule has 4 fully saturated rings. The number of benzene rings is 2. The van der Waals surface area contributed by atoms with Crippen molar-refractivity contribution in [1.29, 1.82) is 5.26 Å². The standard InChI is InChI=1S/C25H22N4O4S3/c1-23(15-26)14-25-22(31)27(3)24(2,34-35-25)21(30)29(25)20(23)18-13-28(19-12-8-7-11-17(18)19)36(32,33)16-9-5-4-6-10-16/h4-13,20H,14H2,1-3H3/t20?,23-,24-,25+/m1/s1. The van der Waals surface area contributed by atoms with Gasteiger partial charge in [-0.2, -0.15) is 5.26 Å². The molecule has 8 nitrogen and oxygen atoms in total. The molecule has 5 heterocycles. The predicted octanol–water partition coefficient (Wildman–Crippen LogP) is 3.96. The van der Waals surface area contributed by atoms with E-state index < -0.39 is 31.2 Å². The van der Waals surface area contributed by atoms with Gasteiger partial charge in [0.15, 0.2) is 9.74 Å². The van der Waals surface area contributed by atoms with E-state index in [0.29, 0.717) is 16.5 Å². The number of carbonyl (C=O) groups excluding carboxylic acids is 2. The quantitative estimate of drug-likeness (QED) is 0.465. The summed E-state index contributed by atoms with van der Waals surface area (Å²) in [6.45, 7) is 3.47. The van der Waals surface area contributed by atoms with Crippen molar-refractivity contribution in [3.05, 3.63) is 66.4 Å². The van der Waals surface area contributed by atoms with Crippen molar-refractivity contribution < 1.29 is 18.0 Å². The number of fused-ring (bicyclic) bond motifs is 3. The van der Waals surface area contributed by atoms with Gasteiger partial charge in [0.05, 0.1) is 27.9 Å². The zero-order valence-corrected chi connectivity index (χ0v) is 22.2. The molecule has 1 aromatic heterocycles. The van der Waals surface area contributed by atoms with Crippen molar-refractivity contribution in [2.24, 2.45) is 5.41 Å². The van der Waals surface area contributed by atoms with E-state index in [-0.39, 0.29) is 23.1 Å². The predicted molar refractivity (Wildman–Crippen MR) is 138 cm³/mol. The second-order valence-corrected chi connectivity index (χ2v) is 14.4. The van der Waals surface area contributed by atoms with Gasteiger partial charge in [-0.05, 0) is 32.0 Å². The van der Waals surface area contributed by atoms with E-state index in [0.717, 1.165) is 0 Å². The molecule has 0 radical (unpaired) electrons. The number of nitrogens with zero attached hydrogens (tertiary/aromatic N) is 4. The van der Waals surface area contributed by atoms with E-state index in [2.05, 4.69) is 6.07 Å². The van der Waals surface area contributed by atoms with Crippen LogP contribution in [0.3, 0.4) is 0 Å². The molecule has 0 aliphatic carbocycles. The number of amides is 2. The van der Waals surface area contributed by atoms with E-state index in [4.69, 9.17) is 0 Å². The van der Waals surface area contributed by atoms with Crippen LogP contribution in [0.2, 0.25) is 0 Å². The maximum absolute atomic E-state index is 14.0. The number of likely N-dealkylation sites (N-methyl/N-ethyl adjacent to an activating group) is 1. The number of nitriles is 1. The Morgan fingerprint density at radius 3 is 2.36 bits per heavy atom. The van der Waals surface area contributed by atoms with Gasteiger partial charge in [0, 0.05) is 30.6 Å². The normalized spacial score (nSPS) is 31.7. The van der Waals surface area contributed by atoms with E-state index in [1.165, 1.54) is 48.8 Å². The Morgan fingerprint density at radius 2 is 1.67 bits per heavy atom. The molecule has 2 aromatic carbocycles. The highest BCUT2D eigenvalue weighted by Gasteiger charge is 2.75. The van der Waals surface area contributed by atoms with Gasteiger partial charge < -0.3 is 9.80 Å². The Hall–Kier alpha value is -2.94. The highest BCUT2D eigenvalue weighted by atomic mass is 33.1. The highest BCUT2D eigenvalue weighted by molar-refractivity contribution is 8.78. The fraction of sp³-hybridized carbons (Fsp3) is 0.320. The minimum absolute atomic E-state index is 0.132. The minimum atomic E-state index is -3.96. The Labute approximate surface area is 216 Å². The molecule has 0 saturated carbocycles.